The van der Waals surface area contributed by atoms with E-state index in [0.29, 0.717) is 19.3 Å². The van der Waals surface area contributed by atoms with Gasteiger partial charge in [-0.25, -0.2) is 9.13 Å². The normalized spacial score (nSPS) is 14.5. The average molecular weight is 1440 g/mol. The van der Waals surface area contributed by atoms with Crippen LogP contribution in [-0.4, -0.2) is 95.9 Å². The van der Waals surface area contributed by atoms with Crippen LogP contribution in [-0.2, 0) is 55.8 Å². The van der Waals surface area contributed by atoms with Crippen LogP contribution in [0.4, 0.5) is 0 Å². The summed E-state index contributed by atoms with van der Waals surface area (Å²) < 4.78 is 61.1. The molecule has 5 atom stereocenters. The Morgan fingerprint density at radius 2 is 0.535 bits per heavy atom. The summed E-state index contributed by atoms with van der Waals surface area (Å²) in [6, 6.07) is 0. The smallest absolute Gasteiger partial charge is 0.463 e. The van der Waals surface area contributed by atoms with Crippen LogP contribution < -0.4 is 0 Å². The second-order valence-electron chi connectivity index (χ2n) is 26.5. The number of hydrogen-bond acceptors (Lipinski definition) is 14. The summed E-state index contributed by atoms with van der Waals surface area (Å²) in [5, 5.41) is 20.6. The van der Waals surface area contributed by atoms with E-state index < -0.39 is 91.5 Å². The Hall–Kier alpha value is -3.53. The molecule has 0 spiro atoms. The maximum atomic E-state index is 13.0. The molecule has 99 heavy (non-hydrogen) atoms. The molecule has 0 aromatic rings. The molecule has 0 aromatic carbocycles. The quantitative estimate of drug-likeness (QED) is 0.0146. The zero-order valence-electron chi connectivity index (χ0n) is 62.6. The summed E-state index contributed by atoms with van der Waals surface area (Å²) in [5.74, 6) is -1.57. The molecule has 18 heteroatoms. The van der Waals surface area contributed by atoms with Crippen molar-refractivity contribution in [2.45, 2.75) is 360 Å². The average Bonchev–Trinajstić information content (AvgIpc) is 1.73. The fourth-order valence-electron chi connectivity index (χ4n) is 10.8. The van der Waals surface area contributed by atoms with E-state index in [2.05, 4.69) is 118 Å². The Bertz CT molecular complexity index is 2190. The molecule has 0 fully saturated rings. The number of ether oxygens (including phenoxy) is 3. The number of carbonyl (C=O) groups excluding carboxylic acids is 3. The lowest BCUT2D eigenvalue weighted by Gasteiger charge is -2.21. The molecular weight excluding hydrogens is 1290 g/mol. The van der Waals surface area contributed by atoms with Crippen LogP contribution in [0.3, 0.4) is 0 Å². The monoisotopic (exact) mass is 1430 g/mol. The molecule has 0 saturated heterocycles. The topological polar surface area (TPSA) is 231 Å². The molecule has 0 rings (SSSR count). The lowest BCUT2D eigenvalue weighted by Crippen LogP contribution is -2.30. The minimum Gasteiger partial charge on any atom is -0.463 e. The Kier molecular flexibility index (Phi) is 71.6. The fraction of sp³-hybridized carbons (Fsp3) is 0.765. The molecule has 0 saturated carbocycles. The molecule has 0 amide bonds. The SMILES string of the molecule is CC/C=C\C/C=C\C/C=C\C/C=C\C/C=C\CCCCCCCCCCCCCCCC(=O)OCC(O)COP(=O)(O)OCC(O)COP(=O)(O)OCC(COC(=O)CCCCCCCC/C=C\C/C=C\C/C=C\CCCCC)OC(=O)CCCCCCCCCCCCCCCCC. The van der Waals surface area contributed by atoms with Crippen molar-refractivity contribution in [3.05, 3.63) is 97.2 Å². The second kappa shape index (κ2) is 74.2. The summed E-state index contributed by atoms with van der Waals surface area (Å²) >= 11 is 0. The highest BCUT2D eigenvalue weighted by Gasteiger charge is 2.29. The van der Waals surface area contributed by atoms with Crippen LogP contribution >= 0.6 is 15.6 Å². The van der Waals surface area contributed by atoms with Gasteiger partial charge in [0.2, 0.25) is 0 Å². The van der Waals surface area contributed by atoms with Crippen molar-refractivity contribution >= 4 is 33.6 Å². The number of rotatable bonds is 75. The highest BCUT2D eigenvalue weighted by molar-refractivity contribution is 7.47. The van der Waals surface area contributed by atoms with Crippen LogP contribution in [0.1, 0.15) is 342 Å². The molecule has 16 nitrogen and oxygen atoms in total. The third kappa shape index (κ3) is 75.5. The lowest BCUT2D eigenvalue weighted by molar-refractivity contribution is -0.161. The molecule has 0 radical (unpaired) electrons. The third-order valence-corrected chi connectivity index (χ3v) is 18.7. The molecule has 0 aliphatic rings. The number of unbranched alkanes of at least 4 members (excludes halogenated alkanes) is 36. The van der Waals surface area contributed by atoms with Crippen molar-refractivity contribution in [1.29, 1.82) is 0 Å². The Balaban J connectivity index is 4.50. The van der Waals surface area contributed by atoms with E-state index in [1.165, 1.54) is 141 Å². The Morgan fingerprint density at radius 1 is 0.293 bits per heavy atom. The van der Waals surface area contributed by atoms with Crippen molar-refractivity contribution in [2.75, 3.05) is 39.6 Å². The fourth-order valence-corrected chi connectivity index (χ4v) is 12.4. The first-order valence-corrected chi connectivity index (χ1v) is 42.5. The van der Waals surface area contributed by atoms with E-state index in [9.17, 15) is 43.5 Å². The summed E-state index contributed by atoms with van der Waals surface area (Å²) in [5.41, 5.74) is 0. The van der Waals surface area contributed by atoms with Gasteiger partial charge in [-0.05, 0) is 103 Å². The van der Waals surface area contributed by atoms with Gasteiger partial charge in [-0.2, -0.15) is 0 Å². The highest BCUT2D eigenvalue weighted by atomic mass is 31.2. The van der Waals surface area contributed by atoms with Crippen LogP contribution in [0.25, 0.3) is 0 Å². The zero-order valence-corrected chi connectivity index (χ0v) is 64.4. The zero-order chi connectivity index (χ0) is 72.3. The van der Waals surface area contributed by atoms with Gasteiger partial charge in [-0.3, -0.25) is 32.5 Å². The number of phosphoric ester groups is 2. The molecule has 0 bridgehead atoms. The van der Waals surface area contributed by atoms with Gasteiger partial charge < -0.3 is 34.2 Å². The molecular formula is C81H144O16P2. The molecule has 5 unspecified atom stereocenters. The van der Waals surface area contributed by atoms with E-state index in [1.54, 1.807) is 0 Å². The predicted molar refractivity (Wildman–Crippen MR) is 408 cm³/mol. The number of allylic oxidation sites excluding steroid dienone is 16. The van der Waals surface area contributed by atoms with Gasteiger partial charge in [0.25, 0.3) is 0 Å². The summed E-state index contributed by atoms with van der Waals surface area (Å²) in [7, 11) is -9.78. The summed E-state index contributed by atoms with van der Waals surface area (Å²) in [6.07, 6.45) is 84.5. The van der Waals surface area contributed by atoms with E-state index in [1.807, 2.05) is 0 Å². The first kappa shape index (κ1) is 95.5. The van der Waals surface area contributed by atoms with Crippen molar-refractivity contribution in [1.82, 2.24) is 0 Å². The first-order valence-electron chi connectivity index (χ1n) is 39.5. The van der Waals surface area contributed by atoms with Crippen LogP contribution in [0.2, 0.25) is 0 Å². The van der Waals surface area contributed by atoms with E-state index in [4.69, 9.17) is 32.3 Å². The van der Waals surface area contributed by atoms with Crippen molar-refractivity contribution in [2.24, 2.45) is 0 Å². The van der Waals surface area contributed by atoms with Crippen LogP contribution in [0.5, 0.6) is 0 Å². The van der Waals surface area contributed by atoms with E-state index in [-0.39, 0.29) is 19.3 Å². The molecule has 0 aromatic heterocycles. The third-order valence-electron chi connectivity index (χ3n) is 16.8. The first-order chi connectivity index (χ1) is 48.2. The van der Waals surface area contributed by atoms with Crippen LogP contribution in [0, 0.1) is 0 Å². The van der Waals surface area contributed by atoms with Gasteiger partial charge in [0.05, 0.1) is 26.4 Å². The Labute approximate surface area is 603 Å². The predicted octanol–water partition coefficient (Wildman–Crippen LogP) is 23.0. The van der Waals surface area contributed by atoms with Gasteiger partial charge >= 0.3 is 33.6 Å². The number of phosphoric acid groups is 2. The molecule has 0 aliphatic carbocycles. The van der Waals surface area contributed by atoms with Crippen molar-refractivity contribution in [3.63, 3.8) is 0 Å². The summed E-state index contributed by atoms with van der Waals surface area (Å²) in [4.78, 5) is 58.6. The number of aliphatic hydroxyl groups is 2. The Morgan fingerprint density at radius 3 is 0.869 bits per heavy atom. The van der Waals surface area contributed by atoms with Gasteiger partial charge in [-0.1, -0.05) is 317 Å². The van der Waals surface area contributed by atoms with Gasteiger partial charge in [0.15, 0.2) is 6.10 Å². The number of hydrogen-bond donors (Lipinski definition) is 4. The number of aliphatic hydroxyl groups excluding tert-OH is 2. The van der Waals surface area contributed by atoms with Gasteiger partial charge in [-0.15, -0.1) is 0 Å². The maximum absolute atomic E-state index is 13.0. The minimum atomic E-state index is -4.93. The van der Waals surface area contributed by atoms with E-state index >= 15 is 0 Å². The largest absolute Gasteiger partial charge is 0.472 e. The van der Waals surface area contributed by atoms with Crippen LogP contribution in [0.15, 0.2) is 97.2 Å². The standard InChI is InChI=1S/C81H144O16P2/c1-4-7-10-13-16-19-22-25-28-30-32-33-34-35-36-37-38-39-40-41-43-45-47-49-52-55-58-61-64-67-79(84)91-70-76(82)71-93-98(87,88)94-72-77(83)73-95-99(89,90)96-75-78(97-81(86)69-66-63-60-57-54-51-46-27-24-21-18-15-12-9-6-3)74-92-80(85)68-65-62-59-56-53-50-48-44-42-31-29-26-23-20-17-14-11-8-5-2/h7,10,16-17,19-20,25-26,28-29,32-33,35-36,42,44,76-78,82-83H,4-6,8-9,11-15,18,21-24,27,30-31,34,37-41,43,45-75H2,1-3H3,(H,87,88)(H,89,90)/b10-7-,19-16-,20-17-,28-25-,29-26-,33-32-,36-35-,44-42-. The molecule has 574 valence electrons. The van der Waals surface area contributed by atoms with Gasteiger partial charge in [0, 0.05) is 19.3 Å². The maximum Gasteiger partial charge on any atom is 0.472 e. The highest BCUT2D eigenvalue weighted by Crippen LogP contribution is 2.45. The minimum absolute atomic E-state index is 0.106. The van der Waals surface area contributed by atoms with Gasteiger partial charge in [0.1, 0.15) is 25.4 Å². The number of esters is 3. The number of carbonyl (C=O) groups is 3. The molecule has 4 N–H and O–H groups in total. The molecule has 0 heterocycles. The van der Waals surface area contributed by atoms with E-state index in [0.717, 1.165) is 141 Å². The van der Waals surface area contributed by atoms with Crippen molar-refractivity contribution < 1.29 is 75.8 Å². The molecule has 0 aliphatic heterocycles. The summed E-state index contributed by atoms with van der Waals surface area (Å²) in [6.45, 7) is 2.57. The van der Waals surface area contributed by atoms with Crippen molar-refractivity contribution in [3.8, 4) is 0 Å². The lowest BCUT2D eigenvalue weighted by atomic mass is 10.0. The second-order valence-corrected chi connectivity index (χ2v) is 29.4.